The maximum Gasteiger partial charge on any atom is 0.331 e. The van der Waals surface area contributed by atoms with Crippen LogP contribution in [0.2, 0.25) is 0 Å². The van der Waals surface area contributed by atoms with Gasteiger partial charge in [0, 0.05) is 5.57 Å². The summed E-state index contributed by atoms with van der Waals surface area (Å²) >= 11 is 0. The molecule has 0 aromatic heterocycles. The first-order valence-electron chi connectivity index (χ1n) is 6.61. The average molecular weight is 270 g/mol. The summed E-state index contributed by atoms with van der Waals surface area (Å²) in [5, 5.41) is 20.7. The fraction of sp³-hybridized carbons (Fsp3) is 0.235. The van der Waals surface area contributed by atoms with Crippen molar-refractivity contribution in [2.75, 3.05) is 0 Å². The molecule has 0 unspecified atom stereocenters. The molecule has 0 bridgehead atoms. The lowest BCUT2D eigenvalue weighted by atomic mass is 9.91. The van der Waals surface area contributed by atoms with Crippen LogP contribution >= 0.6 is 0 Å². The van der Waals surface area contributed by atoms with Crippen LogP contribution in [0.1, 0.15) is 31.9 Å². The maximum absolute atomic E-state index is 11.1. The second-order valence-electron chi connectivity index (χ2n) is 4.91. The van der Waals surface area contributed by atoms with Crippen molar-refractivity contribution in [2.24, 2.45) is 0 Å². The van der Waals surface area contributed by atoms with Crippen molar-refractivity contribution in [3.05, 3.63) is 47.0 Å². The zero-order chi connectivity index (χ0) is 14.9. The van der Waals surface area contributed by atoms with E-state index < -0.39 is 5.97 Å². The van der Waals surface area contributed by atoms with Gasteiger partial charge < -0.3 is 10.2 Å². The Hall–Kier alpha value is -2.29. The normalized spacial score (nSPS) is 12.3. The first kappa shape index (κ1) is 14.1. The Kier molecular flexibility index (Phi) is 3.79. The van der Waals surface area contributed by atoms with Gasteiger partial charge in [-0.15, -0.1) is 0 Å². The predicted octanol–water partition coefficient (Wildman–Crippen LogP) is 3.99. The summed E-state index contributed by atoms with van der Waals surface area (Å²) in [4.78, 5) is 11.1. The summed E-state index contributed by atoms with van der Waals surface area (Å²) in [6, 6.07) is 9.12. The minimum absolute atomic E-state index is 0.237. The van der Waals surface area contributed by atoms with E-state index in [-0.39, 0.29) is 5.75 Å². The fourth-order valence-electron chi connectivity index (χ4n) is 2.48. The number of phenols is 1. The highest BCUT2D eigenvalue weighted by Crippen LogP contribution is 2.31. The molecule has 0 saturated heterocycles. The number of carboxylic acids is 1. The third-order valence-corrected chi connectivity index (χ3v) is 3.76. The summed E-state index contributed by atoms with van der Waals surface area (Å²) in [6.45, 7) is 5.51. The predicted molar refractivity (Wildman–Crippen MR) is 80.9 cm³/mol. The summed E-state index contributed by atoms with van der Waals surface area (Å²) in [6.07, 6.45) is 0.807. The van der Waals surface area contributed by atoms with Gasteiger partial charge in [0.05, 0.1) is 0 Å². The summed E-state index contributed by atoms with van der Waals surface area (Å²) in [7, 11) is 0. The van der Waals surface area contributed by atoms with Crippen molar-refractivity contribution in [1.82, 2.24) is 0 Å². The van der Waals surface area contributed by atoms with Crippen LogP contribution in [0.5, 0.6) is 5.75 Å². The molecule has 0 spiro atoms. The van der Waals surface area contributed by atoms with E-state index in [4.69, 9.17) is 5.11 Å². The first-order chi connectivity index (χ1) is 9.45. The lowest BCUT2D eigenvalue weighted by Gasteiger charge is -2.14. The van der Waals surface area contributed by atoms with Gasteiger partial charge >= 0.3 is 5.97 Å². The van der Waals surface area contributed by atoms with Gasteiger partial charge in [0.15, 0.2) is 0 Å². The number of phenolic OH excluding ortho intramolecular Hbond substituents is 1. The molecule has 0 amide bonds. The summed E-state index contributed by atoms with van der Waals surface area (Å²) < 4.78 is 0. The van der Waals surface area contributed by atoms with Crippen LogP contribution in [0.4, 0.5) is 0 Å². The molecule has 0 aliphatic heterocycles. The number of fused-ring (bicyclic) bond motifs is 1. The highest BCUT2D eigenvalue weighted by Gasteiger charge is 2.12. The van der Waals surface area contributed by atoms with Gasteiger partial charge in [0.25, 0.3) is 0 Å². The molecular formula is C17H18O3. The Morgan fingerprint density at radius 1 is 1.15 bits per heavy atom. The smallest absolute Gasteiger partial charge is 0.331 e. The molecule has 0 aliphatic carbocycles. The number of carbonyl (C=O) groups is 1. The summed E-state index contributed by atoms with van der Waals surface area (Å²) in [5.74, 6) is -0.656. The molecule has 0 aliphatic rings. The zero-order valence-electron chi connectivity index (χ0n) is 11.9. The molecule has 20 heavy (non-hydrogen) atoms. The van der Waals surface area contributed by atoms with Crippen LogP contribution < -0.4 is 0 Å². The van der Waals surface area contributed by atoms with E-state index in [0.717, 1.165) is 33.9 Å². The monoisotopic (exact) mass is 270 g/mol. The third-order valence-electron chi connectivity index (χ3n) is 3.76. The molecule has 3 nitrogen and oxygen atoms in total. The van der Waals surface area contributed by atoms with Crippen molar-refractivity contribution >= 4 is 22.3 Å². The number of allylic oxidation sites excluding steroid dienone is 1. The van der Waals surface area contributed by atoms with E-state index in [2.05, 4.69) is 6.92 Å². The lowest BCUT2D eigenvalue weighted by molar-refractivity contribution is -0.132. The Morgan fingerprint density at radius 3 is 2.45 bits per heavy atom. The number of aromatic hydroxyl groups is 1. The molecule has 0 saturated carbocycles. The van der Waals surface area contributed by atoms with Crippen LogP contribution in [0.3, 0.4) is 0 Å². The molecule has 0 radical (unpaired) electrons. The molecule has 2 N–H and O–H groups in total. The van der Waals surface area contributed by atoms with Crippen molar-refractivity contribution in [3.8, 4) is 5.75 Å². The number of carboxylic acid groups (broad SMARTS) is 1. The number of rotatable bonds is 3. The Morgan fingerprint density at radius 2 is 1.85 bits per heavy atom. The quantitative estimate of drug-likeness (QED) is 0.829. The SMILES string of the molecule is CCc1c(/C(C)=C(\C)C(=O)O)ccc2cc(O)ccc12. The highest BCUT2D eigenvalue weighted by molar-refractivity contribution is 5.98. The van der Waals surface area contributed by atoms with Crippen LogP contribution in [-0.4, -0.2) is 16.2 Å². The second kappa shape index (κ2) is 5.37. The zero-order valence-corrected chi connectivity index (χ0v) is 11.9. The van der Waals surface area contributed by atoms with E-state index in [0.29, 0.717) is 5.57 Å². The van der Waals surface area contributed by atoms with Crippen LogP contribution in [-0.2, 0) is 11.2 Å². The minimum Gasteiger partial charge on any atom is -0.508 e. The summed E-state index contributed by atoms with van der Waals surface area (Å²) in [5.41, 5.74) is 3.22. The molecule has 0 atom stereocenters. The Labute approximate surface area is 118 Å². The molecule has 0 heterocycles. The van der Waals surface area contributed by atoms with E-state index in [9.17, 15) is 9.90 Å². The second-order valence-corrected chi connectivity index (χ2v) is 4.91. The van der Waals surface area contributed by atoms with Crippen LogP contribution in [0.25, 0.3) is 16.3 Å². The van der Waals surface area contributed by atoms with Gasteiger partial charge in [0.1, 0.15) is 5.75 Å². The fourth-order valence-corrected chi connectivity index (χ4v) is 2.48. The molecule has 3 heteroatoms. The molecular weight excluding hydrogens is 252 g/mol. The Bertz CT molecular complexity index is 711. The van der Waals surface area contributed by atoms with Gasteiger partial charge in [0.2, 0.25) is 0 Å². The first-order valence-corrected chi connectivity index (χ1v) is 6.61. The third kappa shape index (κ3) is 2.39. The van der Waals surface area contributed by atoms with Gasteiger partial charge in [-0.2, -0.15) is 0 Å². The largest absolute Gasteiger partial charge is 0.508 e. The van der Waals surface area contributed by atoms with E-state index in [1.54, 1.807) is 19.1 Å². The molecule has 104 valence electrons. The number of benzene rings is 2. The van der Waals surface area contributed by atoms with Crippen molar-refractivity contribution in [2.45, 2.75) is 27.2 Å². The topological polar surface area (TPSA) is 57.5 Å². The molecule has 2 aromatic carbocycles. The minimum atomic E-state index is -0.893. The van der Waals surface area contributed by atoms with E-state index in [1.165, 1.54) is 0 Å². The van der Waals surface area contributed by atoms with Crippen molar-refractivity contribution in [3.63, 3.8) is 0 Å². The molecule has 2 rings (SSSR count). The average Bonchev–Trinajstić information content (AvgIpc) is 2.43. The van der Waals surface area contributed by atoms with Crippen molar-refractivity contribution in [1.29, 1.82) is 0 Å². The standard InChI is InChI=1S/C17H18O3/c1-4-14-15(10(2)11(3)17(19)20)7-5-12-9-13(18)6-8-16(12)14/h5-9,18H,4H2,1-3H3,(H,19,20)/b11-10+. The lowest BCUT2D eigenvalue weighted by Crippen LogP contribution is -2.01. The number of hydrogen-bond donors (Lipinski definition) is 2. The van der Waals surface area contributed by atoms with Crippen LogP contribution in [0, 0.1) is 0 Å². The number of hydrogen-bond acceptors (Lipinski definition) is 2. The number of aliphatic carboxylic acids is 1. The van der Waals surface area contributed by atoms with Crippen LogP contribution in [0.15, 0.2) is 35.9 Å². The molecule has 2 aromatic rings. The van der Waals surface area contributed by atoms with Gasteiger partial charge in [-0.05, 0) is 59.9 Å². The maximum atomic E-state index is 11.1. The van der Waals surface area contributed by atoms with Crippen molar-refractivity contribution < 1.29 is 15.0 Å². The van der Waals surface area contributed by atoms with Gasteiger partial charge in [-0.3, -0.25) is 0 Å². The van der Waals surface area contributed by atoms with Gasteiger partial charge in [-0.25, -0.2) is 4.79 Å². The number of aryl methyl sites for hydroxylation is 1. The van der Waals surface area contributed by atoms with Gasteiger partial charge in [-0.1, -0.05) is 25.1 Å². The molecule has 0 fully saturated rings. The highest BCUT2D eigenvalue weighted by atomic mass is 16.4. The van der Waals surface area contributed by atoms with E-state index >= 15 is 0 Å². The Balaban J connectivity index is 2.76. The van der Waals surface area contributed by atoms with E-state index in [1.807, 2.05) is 25.1 Å².